The molecular weight excluding hydrogens is 454 g/mol. The number of para-hydroxylation sites is 2. The van der Waals surface area contributed by atoms with Crippen molar-refractivity contribution in [2.75, 3.05) is 31.6 Å². The molecule has 2 aromatic carbocycles. The zero-order chi connectivity index (χ0) is 23.1. The second-order valence-electron chi connectivity index (χ2n) is 7.83. The molecule has 1 atom stereocenters. The number of aromatic nitrogens is 2. The van der Waals surface area contributed by atoms with Crippen LogP contribution in [0.1, 0.15) is 18.5 Å². The first-order chi connectivity index (χ1) is 15.9. The maximum absolute atomic E-state index is 13.8. The summed E-state index contributed by atoms with van der Waals surface area (Å²) in [7, 11) is 0. The summed E-state index contributed by atoms with van der Waals surface area (Å²) < 4.78 is 38.7. The first kappa shape index (κ1) is 21.7. The lowest BCUT2D eigenvalue weighted by molar-refractivity contribution is -0.131. The summed E-state index contributed by atoms with van der Waals surface area (Å²) in [4.78, 5) is 20.1. The van der Waals surface area contributed by atoms with Gasteiger partial charge in [0, 0.05) is 29.4 Å². The van der Waals surface area contributed by atoms with E-state index in [0.29, 0.717) is 59.6 Å². The molecule has 10 heteroatoms. The molecule has 1 amide bonds. The number of allylic oxidation sites excluding steroid dienone is 1. The number of benzene rings is 2. The van der Waals surface area contributed by atoms with E-state index in [-0.39, 0.29) is 11.7 Å². The number of morpholine rings is 1. The van der Waals surface area contributed by atoms with Crippen molar-refractivity contribution >= 4 is 34.5 Å². The highest BCUT2D eigenvalue weighted by Gasteiger charge is 2.38. The largest absolute Gasteiger partial charge is 0.434 e. The molecule has 5 rings (SSSR count). The normalized spacial score (nSPS) is 18.5. The highest BCUT2D eigenvalue weighted by atomic mass is 35.5. The molecule has 3 aromatic rings. The maximum atomic E-state index is 13.8. The third-order valence-corrected chi connectivity index (χ3v) is 6.08. The van der Waals surface area contributed by atoms with Gasteiger partial charge < -0.3 is 19.7 Å². The number of nitrogens with zero attached hydrogens (tertiary/aromatic N) is 3. The summed E-state index contributed by atoms with van der Waals surface area (Å²) >= 11 is 6.29. The van der Waals surface area contributed by atoms with Gasteiger partial charge in [0.2, 0.25) is 5.95 Å². The molecule has 3 heterocycles. The number of hydrogen-bond donors (Lipinski definition) is 1. The van der Waals surface area contributed by atoms with Crippen molar-refractivity contribution in [3.8, 4) is 5.75 Å². The molecule has 1 N–H and O–H groups in total. The summed E-state index contributed by atoms with van der Waals surface area (Å²) in [6.07, 6.45) is 0. The predicted octanol–water partition coefficient (Wildman–Crippen LogP) is 4.44. The van der Waals surface area contributed by atoms with Crippen LogP contribution < -0.4 is 10.1 Å². The average Bonchev–Trinajstić information content (AvgIpc) is 3.17. The number of ether oxygens (including phenoxy) is 2. The van der Waals surface area contributed by atoms with Crippen molar-refractivity contribution in [2.24, 2.45) is 0 Å². The Morgan fingerprint density at radius 3 is 2.76 bits per heavy atom. The van der Waals surface area contributed by atoms with Crippen molar-refractivity contribution < 1.29 is 23.0 Å². The maximum Gasteiger partial charge on any atom is 0.387 e. The van der Waals surface area contributed by atoms with E-state index >= 15 is 0 Å². The second-order valence-corrected chi connectivity index (χ2v) is 8.26. The lowest BCUT2D eigenvalue weighted by Gasteiger charge is -2.35. The van der Waals surface area contributed by atoms with Gasteiger partial charge in [-0.2, -0.15) is 8.78 Å². The zero-order valence-electron chi connectivity index (χ0n) is 17.7. The van der Waals surface area contributed by atoms with Crippen LogP contribution in [0.5, 0.6) is 5.75 Å². The summed E-state index contributed by atoms with van der Waals surface area (Å²) in [6.45, 7) is 0.500. The monoisotopic (exact) mass is 474 g/mol. The number of imidazole rings is 1. The SMILES string of the molecule is CC1=C(C(=O)N2CCOCC2)C(c2cc(Cl)ccc2OC(F)F)n2c(nc3ccccc32)N1. The van der Waals surface area contributed by atoms with E-state index < -0.39 is 12.7 Å². The Kier molecular flexibility index (Phi) is 5.67. The minimum absolute atomic E-state index is 0.0508. The van der Waals surface area contributed by atoms with Gasteiger partial charge in [0.1, 0.15) is 5.75 Å². The van der Waals surface area contributed by atoms with E-state index in [4.69, 9.17) is 21.1 Å². The molecule has 1 unspecified atom stereocenters. The van der Waals surface area contributed by atoms with Crippen molar-refractivity contribution in [1.82, 2.24) is 14.5 Å². The van der Waals surface area contributed by atoms with Gasteiger partial charge in [0.25, 0.3) is 5.91 Å². The molecule has 172 valence electrons. The fourth-order valence-corrected chi connectivity index (χ4v) is 4.59. The molecule has 2 aliphatic rings. The van der Waals surface area contributed by atoms with Gasteiger partial charge in [-0.1, -0.05) is 23.7 Å². The number of carbonyl (C=O) groups excluding carboxylic acids is 1. The lowest BCUT2D eigenvalue weighted by atomic mass is 9.93. The van der Waals surface area contributed by atoms with E-state index in [1.807, 2.05) is 28.8 Å². The van der Waals surface area contributed by atoms with Crippen LogP contribution in [0.15, 0.2) is 53.7 Å². The summed E-state index contributed by atoms with van der Waals surface area (Å²) in [5.41, 5.74) is 2.80. The Morgan fingerprint density at radius 1 is 1.24 bits per heavy atom. The van der Waals surface area contributed by atoms with E-state index in [1.54, 1.807) is 17.9 Å². The molecule has 0 spiro atoms. The minimum atomic E-state index is -3.03. The number of anilines is 1. The summed E-state index contributed by atoms with van der Waals surface area (Å²) in [5, 5.41) is 3.56. The van der Waals surface area contributed by atoms with Gasteiger partial charge in [-0.3, -0.25) is 9.36 Å². The summed E-state index contributed by atoms with van der Waals surface area (Å²) in [5.74, 6) is 0.241. The third kappa shape index (κ3) is 3.91. The van der Waals surface area contributed by atoms with Gasteiger partial charge >= 0.3 is 6.61 Å². The van der Waals surface area contributed by atoms with Gasteiger partial charge in [-0.15, -0.1) is 0 Å². The van der Waals surface area contributed by atoms with Crippen LogP contribution >= 0.6 is 11.6 Å². The van der Waals surface area contributed by atoms with Gasteiger partial charge in [-0.05, 0) is 37.3 Å². The predicted molar refractivity (Wildman–Crippen MR) is 120 cm³/mol. The molecular formula is C23H21ClF2N4O3. The van der Waals surface area contributed by atoms with Crippen molar-refractivity contribution in [2.45, 2.75) is 19.6 Å². The van der Waals surface area contributed by atoms with Crippen LogP contribution in [-0.2, 0) is 9.53 Å². The Morgan fingerprint density at radius 2 is 2.00 bits per heavy atom. The van der Waals surface area contributed by atoms with Gasteiger partial charge in [0.15, 0.2) is 0 Å². The quantitative estimate of drug-likeness (QED) is 0.605. The fourth-order valence-electron chi connectivity index (χ4n) is 4.41. The second kappa shape index (κ2) is 8.64. The fraction of sp³-hybridized carbons (Fsp3) is 0.304. The molecule has 7 nitrogen and oxygen atoms in total. The molecule has 2 aliphatic heterocycles. The van der Waals surface area contributed by atoms with E-state index in [2.05, 4.69) is 10.3 Å². The standard InChI is InChI=1S/C23H21ClF2N4O3/c1-13-19(21(31)29-8-10-32-11-9-29)20(15-12-14(24)6-7-18(15)33-22(25)26)30-17-5-3-2-4-16(17)28-23(30)27-13/h2-7,12,20,22H,8-11H2,1H3,(H,27,28). The molecule has 0 bridgehead atoms. The first-order valence-electron chi connectivity index (χ1n) is 10.5. The van der Waals surface area contributed by atoms with Gasteiger partial charge in [0.05, 0.1) is 35.9 Å². The number of amides is 1. The Labute approximate surface area is 193 Å². The number of halogens is 3. The number of fused-ring (bicyclic) bond motifs is 3. The number of alkyl halides is 2. The van der Waals surface area contributed by atoms with Crippen LogP contribution in [0.4, 0.5) is 14.7 Å². The zero-order valence-corrected chi connectivity index (χ0v) is 18.5. The molecule has 0 aliphatic carbocycles. The average molecular weight is 475 g/mol. The molecule has 1 aromatic heterocycles. The lowest BCUT2D eigenvalue weighted by Crippen LogP contribution is -2.44. The number of nitrogens with one attached hydrogen (secondary N) is 1. The van der Waals surface area contributed by atoms with Crippen molar-refractivity contribution in [1.29, 1.82) is 0 Å². The smallest absolute Gasteiger partial charge is 0.387 e. The van der Waals surface area contributed by atoms with E-state index in [9.17, 15) is 13.6 Å². The first-order valence-corrected chi connectivity index (χ1v) is 10.9. The summed E-state index contributed by atoms with van der Waals surface area (Å²) in [6, 6.07) is 11.1. The molecule has 0 saturated carbocycles. The molecule has 33 heavy (non-hydrogen) atoms. The van der Waals surface area contributed by atoms with E-state index in [0.717, 1.165) is 5.52 Å². The topological polar surface area (TPSA) is 68.6 Å². The minimum Gasteiger partial charge on any atom is -0.434 e. The molecule has 1 fully saturated rings. The Bertz CT molecular complexity index is 1250. The Balaban J connectivity index is 1.74. The highest BCUT2D eigenvalue weighted by Crippen LogP contribution is 2.43. The van der Waals surface area contributed by atoms with Crippen LogP contribution in [0.3, 0.4) is 0 Å². The van der Waals surface area contributed by atoms with Crippen LogP contribution in [0.25, 0.3) is 11.0 Å². The van der Waals surface area contributed by atoms with Crippen LogP contribution in [0.2, 0.25) is 5.02 Å². The van der Waals surface area contributed by atoms with Gasteiger partial charge in [-0.25, -0.2) is 4.98 Å². The highest BCUT2D eigenvalue weighted by molar-refractivity contribution is 6.30. The number of carbonyl (C=O) groups is 1. The number of rotatable bonds is 4. The van der Waals surface area contributed by atoms with E-state index in [1.165, 1.54) is 12.1 Å². The van der Waals surface area contributed by atoms with Crippen molar-refractivity contribution in [3.63, 3.8) is 0 Å². The third-order valence-electron chi connectivity index (χ3n) is 5.84. The van der Waals surface area contributed by atoms with Crippen LogP contribution in [-0.4, -0.2) is 53.3 Å². The van der Waals surface area contributed by atoms with Crippen LogP contribution in [0, 0.1) is 0 Å². The van der Waals surface area contributed by atoms with Crippen molar-refractivity contribution in [3.05, 3.63) is 64.3 Å². The molecule has 1 saturated heterocycles. The molecule has 0 radical (unpaired) electrons. The number of hydrogen-bond acceptors (Lipinski definition) is 5. The Hall–Kier alpha value is -3.17.